The van der Waals surface area contributed by atoms with E-state index in [2.05, 4.69) is 4.98 Å². The summed E-state index contributed by atoms with van der Waals surface area (Å²) in [6.45, 7) is 0.557. The van der Waals surface area contributed by atoms with E-state index < -0.39 is 0 Å². The zero-order valence-electron chi connectivity index (χ0n) is 10.1. The second kappa shape index (κ2) is 4.65. The number of nitrogens with zero attached hydrogens (tertiary/aromatic N) is 2. The summed E-state index contributed by atoms with van der Waals surface area (Å²) in [7, 11) is 0. The summed E-state index contributed by atoms with van der Waals surface area (Å²) >= 11 is 0. The molecule has 3 nitrogen and oxygen atoms in total. The van der Waals surface area contributed by atoms with Gasteiger partial charge in [-0.25, -0.2) is 9.37 Å². The number of pyridine rings is 1. The summed E-state index contributed by atoms with van der Waals surface area (Å²) in [5.41, 5.74) is 2.33. The van der Waals surface area contributed by atoms with Gasteiger partial charge in [-0.1, -0.05) is 12.1 Å². The first-order chi connectivity index (χ1) is 9.28. The van der Waals surface area contributed by atoms with Gasteiger partial charge in [0.15, 0.2) is 6.29 Å². The van der Waals surface area contributed by atoms with Gasteiger partial charge in [-0.15, -0.1) is 0 Å². The van der Waals surface area contributed by atoms with E-state index in [9.17, 15) is 9.18 Å². The van der Waals surface area contributed by atoms with Crippen LogP contribution in [0, 0.1) is 5.82 Å². The second-order valence-corrected chi connectivity index (χ2v) is 4.33. The highest BCUT2D eigenvalue weighted by Crippen LogP contribution is 2.19. The van der Waals surface area contributed by atoms with Gasteiger partial charge in [0.1, 0.15) is 11.5 Å². The molecule has 0 unspecified atom stereocenters. The van der Waals surface area contributed by atoms with E-state index >= 15 is 0 Å². The molecular weight excluding hydrogens is 243 g/mol. The molecule has 0 amide bonds. The summed E-state index contributed by atoms with van der Waals surface area (Å²) < 4.78 is 14.8. The van der Waals surface area contributed by atoms with Crippen LogP contribution >= 0.6 is 0 Å². The third-order valence-electron chi connectivity index (χ3n) is 3.06. The second-order valence-electron chi connectivity index (χ2n) is 4.33. The first kappa shape index (κ1) is 11.6. The Morgan fingerprint density at radius 3 is 2.74 bits per heavy atom. The Morgan fingerprint density at radius 2 is 2.00 bits per heavy atom. The Morgan fingerprint density at radius 1 is 1.21 bits per heavy atom. The molecule has 0 fully saturated rings. The van der Waals surface area contributed by atoms with Crippen molar-refractivity contribution < 1.29 is 9.18 Å². The lowest BCUT2D eigenvalue weighted by molar-refractivity contribution is 0.112. The van der Waals surface area contributed by atoms with Crippen LogP contribution in [0.2, 0.25) is 0 Å². The van der Waals surface area contributed by atoms with Gasteiger partial charge in [-0.05, 0) is 29.8 Å². The molecule has 4 heteroatoms. The maximum atomic E-state index is 12.9. The molecule has 0 saturated heterocycles. The van der Waals surface area contributed by atoms with E-state index in [0.717, 1.165) is 22.9 Å². The molecule has 0 bridgehead atoms. The number of benzene rings is 1. The smallest absolute Gasteiger partial charge is 0.152 e. The number of aldehydes is 1. The Kier molecular flexibility index (Phi) is 2.83. The third kappa shape index (κ3) is 2.12. The Labute approximate surface area is 109 Å². The summed E-state index contributed by atoms with van der Waals surface area (Å²) in [4.78, 5) is 15.3. The SMILES string of the molecule is O=Cc1cn(Cc2ccc(F)cc2)c2ncccc12. The summed E-state index contributed by atoms with van der Waals surface area (Å²) in [6, 6.07) is 9.98. The van der Waals surface area contributed by atoms with Gasteiger partial charge in [0.05, 0.1) is 0 Å². The number of halogens is 1. The number of fused-ring (bicyclic) bond motifs is 1. The molecule has 1 aromatic carbocycles. The van der Waals surface area contributed by atoms with Crippen molar-refractivity contribution in [2.75, 3.05) is 0 Å². The van der Waals surface area contributed by atoms with Crippen LogP contribution in [-0.2, 0) is 6.54 Å². The molecule has 0 aliphatic heterocycles. The van der Waals surface area contributed by atoms with Crippen LogP contribution in [0.1, 0.15) is 15.9 Å². The van der Waals surface area contributed by atoms with Crippen molar-refractivity contribution in [2.45, 2.75) is 6.54 Å². The zero-order valence-corrected chi connectivity index (χ0v) is 10.1. The monoisotopic (exact) mass is 254 g/mol. The average Bonchev–Trinajstić information content (AvgIpc) is 2.80. The van der Waals surface area contributed by atoms with Gasteiger partial charge < -0.3 is 4.57 Å². The van der Waals surface area contributed by atoms with Crippen LogP contribution < -0.4 is 0 Å². The number of aromatic nitrogens is 2. The van der Waals surface area contributed by atoms with E-state index in [4.69, 9.17) is 0 Å². The molecule has 0 N–H and O–H groups in total. The highest BCUT2D eigenvalue weighted by molar-refractivity contribution is 5.95. The molecule has 3 rings (SSSR count). The minimum Gasteiger partial charge on any atom is -0.327 e. The molecule has 0 saturated carbocycles. The quantitative estimate of drug-likeness (QED) is 0.673. The van der Waals surface area contributed by atoms with Crippen LogP contribution in [0.5, 0.6) is 0 Å². The summed E-state index contributed by atoms with van der Waals surface area (Å²) in [5.74, 6) is -0.257. The van der Waals surface area contributed by atoms with Crippen LogP contribution in [0.15, 0.2) is 48.8 Å². The van der Waals surface area contributed by atoms with Gasteiger partial charge >= 0.3 is 0 Å². The van der Waals surface area contributed by atoms with Gasteiger partial charge in [0.2, 0.25) is 0 Å². The fourth-order valence-electron chi connectivity index (χ4n) is 2.15. The van der Waals surface area contributed by atoms with Crippen molar-refractivity contribution in [1.82, 2.24) is 9.55 Å². The highest BCUT2D eigenvalue weighted by atomic mass is 19.1. The van der Waals surface area contributed by atoms with Crippen LogP contribution in [0.3, 0.4) is 0 Å². The van der Waals surface area contributed by atoms with Crippen molar-refractivity contribution >= 4 is 17.3 Å². The first-order valence-electron chi connectivity index (χ1n) is 5.91. The summed E-state index contributed by atoms with van der Waals surface area (Å²) in [5, 5.41) is 0.833. The number of carbonyl (C=O) groups is 1. The maximum Gasteiger partial charge on any atom is 0.152 e. The van der Waals surface area contributed by atoms with Crippen LogP contribution in [0.4, 0.5) is 4.39 Å². The molecule has 3 aromatic rings. The fraction of sp³-hybridized carbons (Fsp3) is 0.0667. The van der Waals surface area contributed by atoms with Gasteiger partial charge in [-0.3, -0.25) is 4.79 Å². The standard InChI is InChI=1S/C15H11FN2O/c16-13-5-3-11(4-6-13)8-18-9-12(10-19)14-2-1-7-17-15(14)18/h1-7,9-10H,8H2. The lowest BCUT2D eigenvalue weighted by atomic mass is 10.2. The largest absolute Gasteiger partial charge is 0.327 e. The molecule has 94 valence electrons. The Hall–Kier alpha value is -2.49. The summed E-state index contributed by atoms with van der Waals surface area (Å²) in [6.07, 6.45) is 4.29. The minimum atomic E-state index is -0.257. The topological polar surface area (TPSA) is 34.9 Å². The molecule has 0 radical (unpaired) electrons. The highest BCUT2D eigenvalue weighted by Gasteiger charge is 2.08. The molecular formula is C15H11FN2O. The third-order valence-corrected chi connectivity index (χ3v) is 3.06. The Balaban J connectivity index is 2.05. The number of rotatable bonds is 3. The predicted molar refractivity (Wildman–Crippen MR) is 70.6 cm³/mol. The predicted octanol–water partition coefficient (Wildman–Crippen LogP) is 3.04. The number of hydrogen-bond donors (Lipinski definition) is 0. The Bertz CT molecular complexity index is 731. The van der Waals surface area contributed by atoms with E-state index in [0.29, 0.717) is 12.1 Å². The van der Waals surface area contributed by atoms with E-state index in [1.54, 1.807) is 30.6 Å². The van der Waals surface area contributed by atoms with Crippen molar-refractivity contribution in [3.05, 3.63) is 65.7 Å². The molecule has 2 heterocycles. The van der Waals surface area contributed by atoms with Gasteiger partial charge in [-0.2, -0.15) is 0 Å². The van der Waals surface area contributed by atoms with Crippen LogP contribution in [0.25, 0.3) is 11.0 Å². The van der Waals surface area contributed by atoms with Crippen molar-refractivity contribution in [3.63, 3.8) is 0 Å². The van der Waals surface area contributed by atoms with Gasteiger partial charge in [0, 0.05) is 29.9 Å². The number of carbonyl (C=O) groups excluding carboxylic acids is 1. The van der Waals surface area contributed by atoms with Crippen molar-refractivity contribution in [1.29, 1.82) is 0 Å². The van der Waals surface area contributed by atoms with Crippen LogP contribution in [-0.4, -0.2) is 15.8 Å². The zero-order chi connectivity index (χ0) is 13.2. The lowest BCUT2D eigenvalue weighted by Gasteiger charge is -2.04. The molecule has 0 aliphatic carbocycles. The van der Waals surface area contributed by atoms with Crippen molar-refractivity contribution in [2.24, 2.45) is 0 Å². The maximum absolute atomic E-state index is 12.9. The molecule has 19 heavy (non-hydrogen) atoms. The lowest BCUT2D eigenvalue weighted by Crippen LogP contribution is -1.99. The number of hydrogen-bond acceptors (Lipinski definition) is 2. The van der Waals surface area contributed by atoms with E-state index in [-0.39, 0.29) is 5.82 Å². The molecule has 2 aromatic heterocycles. The molecule has 0 atom stereocenters. The van der Waals surface area contributed by atoms with E-state index in [1.807, 2.05) is 10.6 Å². The fourth-order valence-corrected chi connectivity index (χ4v) is 2.15. The average molecular weight is 254 g/mol. The van der Waals surface area contributed by atoms with E-state index in [1.165, 1.54) is 12.1 Å². The normalized spacial score (nSPS) is 10.8. The molecule has 0 aliphatic rings. The minimum absolute atomic E-state index is 0.257. The molecule has 0 spiro atoms. The van der Waals surface area contributed by atoms with Gasteiger partial charge in [0.25, 0.3) is 0 Å². The van der Waals surface area contributed by atoms with Crippen molar-refractivity contribution in [3.8, 4) is 0 Å². The first-order valence-corrected chi connectivity index (χ1v) is 5.91.